The number of aromatic nitrogens is 1. The Morgan fingerprint density at radius 2 is 1.82 bits per heavy atom. The number of pyridine rings is 1. The second-order valence-corrected chi connectivity index (χ2v) is 4.88. The summed E-state index contributed by atoms with van der Waals surface area (Å²) in [5.41, 5.74) is 3.07. The Morgan fingerprint density at radius 1 is 0.955 bits per heavy atom. The van der Waals surface area contributed by atoms with E-state index in [1.807, 2.05) is 36.4 Å². The first kappa shape index (κ1) is 14.2. The van der Waals surface area contributed by atoms with Crippen molar-refractivity contribution in [1.82, 2.24) is 4.98 Å². The lowest BCUT2D eigenvalue weighted by atomic mass is 10.1. The van der Waals surface area contributed by atoms with Crippen LogP contribution in [0.1, 0.15) is 5.56 Å². The van der Waals surface area contributed by atoms with Gasteiger partial charge in [-0.25, -0.2) is 0 Å². The van der Waals surface area contributed by atoms with Crippen molar-refractivity contribution in [3.8, 4) is 11.5 Å². The monoisotopic (exact) mass is 294 g/mol. The molecule has 0 radical (unpaired) electrons. The smallest absolute Gasteiger partial charge is 0.165 e. The SMILES string of the molecule is COc1cccc(CNc2cccc3ncccc23)c1OC. The summed E-state index contributed by atoms with van der Waals surface area (Å²) in [4.78, 5) is 4.37. The Balaban J connectivity index is 1.89. The number of hydrogen-bond acceptors (Lipinski definition) is 4. The van der Waals surface area contributed by atoms with Crippen LogP contribution in [0.15, 0.2) is 54.7 Å². The van der Waals surface area contributed by atoms with Crippen molar-refractivity contribution < 1.29 is 9.47 Å². The van der Waals surface area contributed by atoms with Gasteiger partial charge in [-0.15, -0.1) is 0 Å². The summed E-state index contributed by atoms with van der Waals surface area (Å²) in [6.45, 7) is 0.647. The van der Waals surface area contributed by atoms with Crippen LogP contribution < -0.4 is 14.8 Å². The molecule has 0 bridgehead atoms. The summed E-state index contributed by atoms with van der Waals surface area (Å²) in [6, 6.07) is 15.9. The van der Waals surface area contributed by atoms with Gasteiger partial charge in [0.05, 0.1) is 19.7 Å². The van der Waals surface area contributed by atoms with Crippen LogP contribution in [0.2, 0.25) is 0 Å². The van der Waals surface area contributed by atoms with Gasteiger partial charge in [0.1, 0.15) is 0 Å². The minimum atomic E-state index is 0.647. The maximum absolute atomic E-state index is 5.47. The summed E-state index contributed by atoms with van der Waals surface area (Å²) in [5.74, 6) is 1.50. The number of nitrogens with zero attached hydrogens (tertiary/aromatic N) is 1. The first-order valence-corrected chi connectivity index (χ1v) is 7.11. The molecule has 4 heteroatoms. The van der Waals surface area contributed by atoms with E-state index in [0.717, 1.165) is 33.7 Å². The Bertz CT molecular complexity index is 782. The largest absolute Gasteiger partial charge is 0.493 e. The average Bonchev–Trinajstić information content (AvgIpc) is 2.59. The third-order valence-corrected chi connectivity index (χ3v) is 3.60. The van der Waals surface area contributed by atoms with Crippen molar-refractivity contribution in [2.45, 2.75) is 6.54 Å². The van der Waals surface area contributed by atoms with Crippen LogP contribution in [0, 0.1) is 0 Å². The Labute approximate surface area is 129 Å². The van der Waals surface area contributed by atoms with Gasteiger partial charge in [-0.05, 0) is 30.3 Å². The van der Waals surface area contributed by atoms with E-state index < -0.39 is 0 Å². The number of ether oxygens (including phenoxy) is 2. The third kappa shape index (κ3) is 2.68. The maximum Gasteiger partial charge on any atom is 0.165 e. The standard InChI is InChI=1S/C18H18N2O2/c1-21-17-10-3-6-13(18(17)22-2)12-20-16-9-4-8-15-14(16)7-5-11-19-15/h3-11,20H,12H2,1-2H3. The van der Waals surface area contributed by atoms with E-state index in [-0.39, 0.29) is 0 Å². The predicted molar refractivity (Wildman–Crippen MR) is 88.6 cm³/mol. The van der Waals surface area contributed by atoms with E-state index >= 15 is 0 Å². The molecule has 4 nitrogen and oxygen atoms in total. The number of benzene rings is 2. The zero-order valence-electron chi connectivity index (χ0n) is 12.7. The molecule has 1 N–H and O–H groups in total. The van der Waals surface area contributed by atoms with Crippen LogP contribution in [0.4, 0.5) is 5.69 Å². The van der Waals surface area contributed by atoms with Crippen LogP contribution in [0.5, 0.6) is 11.5 Å². The van der Waals surface area contributed by atoms with E-state index in [4.69, 9.17) is 9.47 Å². The van der Waals surface area contributed by atoms with Gasteiger partial charge in [0.2, 0.25) is 0 Å². The van der Waals surface area contributed by atoms with Gasteiger partial charge in [-0.2, -0.15) is 0 Å². The topological polar surface area (TPSA) is 43.4 Å². The summed E-state index contributed by atoms with van der Waals surface area (Å²) in [7, 11) is 3.30. The number of nitrogens with one attached hydrogen (secondary N) is 1. The Kier molecular flexibility index (Phi) is 4.10. The molecule has 0 aliphatic heterocycles. The second-order valence-electron chi connectivity index (χ2n) is 4.88. The average molecular weight is 294 g/mol. The van der Waals surface area contributed by atoms with Crippen molar-refractivity contribution in [1.29, 1.82) is 0 Å². The predicted octanol–water partition coefficient (Wildman–Crippen LogP) is 3.86. The number of para-hydroxylation sites is 1. The number of methoxy groups -OCH3 is 2. The molecule has 0 atom stereocenters. The molecule has 112 valence electrons. The molecule has 3 rings (SSSR count). The van der Waals surface area contributed by atoms with E-state index in [0.29, 0.717) is 6.54 Å². The van der Waals surface area contributed by atoms with Gasteiger partial charge < -0.3 is 14.8 Å². The van der Waals surface area contributed by atoms with Crippen LogP contribution in [0.25, 0.3) is 10.9 Å². The molecule has 0 aliphatic rings. The fourth-order valence-electron chi connectivity index (χ4n) is 2.54. The molecule has 3 aromatic rings. The molecule has 0 unspecified atom stereocenters. The van der Waals surface area contributed by atoms with Crippen molar-refractivity contribution in [2.75, 3.05) is 19.5 Å². The molecule has 0 saturated heterocycles. The highest BCUT2D eigenvalue weighted by molar-refractivity contribution is 5.91. The number of anilines is 1. The third-order valence-electron chi connectivity index (χ3n) is 3.60. The molecule has 1 aromatic heterocycles. The van der Waals surface area contributed by atoms with Gasteiger partial charge in [-0.3, -0.25) is 4.98 Å². The van der Waals surface area contributed by atoms with E-state index in [1.165, 1.54) is 0 Å². The molecule has 1 heterocycles. The first-order valence-electron chi connectivity index (χ1n) is 7.11. The minimum Gasteiger partial charge on any atom is -0.493 e. The fourth-order valence-corrected chi connectivity index (χ4v) is 2.54. The maximum atomic E-state index is 5.47. The molecule has 0 fully saturated rings. The van der Waals surface area contributed by atoms with Gasteiger partial charge in [-0.1, -0.05) is 18.2 Å². The van der Waals surface area contributed by atoms with E-state index in [9.17, 15) is 0 Å². The van der Waals surface area contributed by atoms with Crippen molar-refractivity contribution in [2.24, 2.45) is 0 Å². The molecule has 2 aromatic carbocycles. The molecule has 22 heavy (non-hydrogen) atoms. The van der Waals surface area contributed by atoms with E-state index in [1.54, 1.807) is 20.4 Å². The molecule has 0 spiro atoms. The van der Waals surface area contributed by atoms with Gasteiger partial charge in [0.25, 0.3) is 0 Å². The highest BCUT2D eigenvalue weighted by Gasteiger charge is 2.09. The zero-order chi connectivity index (χ0) is 15.4. The number of fused-ring (bicyclic) bond motifs is 1. The molecular formula is C18H18N2O2. The Hall–Kier alpha value is -2.75. The summed E-state index contributed by atoms with van der Waals surface area (Å²) < 4.78 is 10.8. The quantitative estimate of drug-likeness (QED) is 0.776. The lowest BCUT2D eigenvalue weighted by molar-refractivity contribution is 0.352. The lowest BCUT2D eigenvalue weighted by Crippen LogP contribution is -2.03. The van der Waals surface area contributed by atoms with Crippen LogP contribution in [-0.2, 0) is 6.54 Å². The fraction of sp³-hybridized carbons (Fsp3) is 0.167. The molecule has 0 aliphatic carbocycles. The number of rotatable bonds is 5. The summed E-state index contributed by atoms with van der Waals surface area (Å²) in [5, 5.41) is 4.56. The molecule has 0 saturated carbocycles. The number of hydrogen-bond donors (Lipinski definition) is 1. The summed E-state index contributed by atoms with van der Waals surface area (Å²) >= 11 is 0. The highest BCUT2D eigenvalue weighted by atomic mass is 16.5. The van der Waals surface area contributed by atoms with Crippen molar-refractivity contribution in [3.05, 3.63) is 60.3 Å². The van der Waals surface area contributed by atoms with Crippen molar-refractivity contribution in [3.63, 3.8) is 0 Å². The van der Waals surface area contributed by atoms with Crippen molar-refractivity contribution >= 4 is 16.6 Å². The highest BCUT2D eigenvalue weighted by Crippen LogP contribution is 2.31. The zero-order valence-corrected chi connectivity index (χ0v) is 12.7. The molecule has 0 amide bonds. The van der Waals surface area contributed by atoms with Gasteiger partial charge in [0, 0.05) is 29.4 Å². The Morgan fingerprint density at radius 3 is 2.64 bits per heavy atom. The minimum absolute atomic E-state index is 0.647. The summed E-state index contributed by atoms with van der Waals surface area (Å²) in [6.07, 6.45) is 1.80. The van der Waals surface area contributed by atoms with Crippen LogP contribution in [-0.4, -0.2) is 19.2 Å². The van der Waals surface area contributed by atoms with Crippen LogP contribution in [0.3, 0.4) is 0 Å². The normalized spacial score (nSPS) is 10.5. The first-order chi connectivity index (χ1) is 10.8. The molecular weight excluding hydrogens is 276 g/mol. The van der Waals surface area contributed by atoms with E-state index in [2.05, 4.69) is 22.4 Å². The second kappa shape index (κ2) is 6.35. The van der Waals surface area contributed by atoms with Gasteiger partial charge in [0.15, 0.2) is 11.5 Å². The van der Waals surface area contributed by atoms with Crippen LogP contribution >= 0.6 is 0 Å². The van der Waals surface area contributed by atoms with Gasteiger partial charge >= 0.3 is 0 Å². The lowest BCUT2D eigenvalue weighted by Gasteiger charge is -2.14.